The number of piperidine rings is 1. The third-order valence-corrected chi connectivity index (χ3v) is 9.30. The van der Waals surface area contributed by atoms with E-state index in [4.69, 9.17) is 21.6 Å². The molecule has 0 aromatic carbocycles. The molecule has 4 aliphatic rings. The minimum atomic E-state index is -1.11. The summed E-state index contributed by atoms with van der Waals surface area (Å²) in [6.45, 7) is 1.80. The van der Waals surface area contributed by atoms with Gasteiger partial charge in [0.25, 0.3) is 0 Å². The molecule has 32 heavy (non-hydrogen) atoms. The molecular formula is C22H27ClN6O2S. The van der Waals surface area contributed by atoms with Crippen LogP contribution in [0.4, 0.5) is 11.8 Å². The van der Waals surface area contributed by atoms with Crippen molar-refractivity contribution in [2.24, 2.45) is 11.8 Å². The van der Waals surface area contributed by atoms with Crippen LogP contribution in [0.2, 0.25) is 5.02 Å². The first-order chi connectivity index (χ1) is 15.6. The normalized spacial score (nSPS) is 30.1. The Labute approximate surface area is 194 Å². The molecule has 2 saturated carbocycles. The summed E-state index contributed by atoms with van der Waals surface area (Å²) in [4.78, 5) is 21.6. The molecule has 0 amide bonds. The number of nitrogens with zero attached hydrogens (tertiary/aromatic N) is 5. The Balaban J connectivity index is 1.27. The van der Waals surface area contributed by atoms with Gasteiger partial charge in [-0.05, 0) is 50.4 Å². The number of aliphatic hydroxyl groups excluding tert-OH is 1. The second kappa shape index (κ2) is 7.88. The lowest BCUT2D eigenvalue weighted by Gasteiger charge is -2.42. The van der Waals surface area contributed by atoms with Crippen LogP contribution in [0, 0.1) is 11.8 Å². The van der Waals surface area contributed by atoms with Crippen molar-refractivity contribution in [3.05, 3.63) is 28.9 Å². The highest BCUT2D eigenvalue weighted by molar-refractivity contribution is 7.85. The number of aliphatic hydroxyl groups is 1. The number of rotatable bonds is 5. The maximum Gasteiger partial charge on any atom is 0.227 e. The fraction of sp³-hybridized carbons (Fsp3) is 0.636. The van der Waals surface area contributed by atoms with Crippen LogP contribution in [0.25, 0.3) is 0 Å². The molecular weight excluding hydrogens is 448 g/mol. The molecule has 2 aliphatic carbocycles. The van der Waals surface area contributed by atoms with E-state index in [2.05, 4.69) is 20.2 Å². The molecule has 2 aromatic heterocycles. The smallest absolute Gasteiger partial charge is 0.227 e. The van der Waals surface area contributed by atoms with Crippen LogP contribution >= 0.6 is 11.6 Å². The fourth-order valence-corrected chi connectivity index (χ4v) is 6.98. The second-order valence-corrected chi connectivity index (χ2v) is 11.5. The lowest BCUT2D eigenvalue weighted by Crippen LogP contribution is -2.49. The van der Waals surface area contributed by atoms with Crippen LogP contribution in [0.5, 0.6) is 0 Å². The van der Waals surface area contributed by atoms with Crippen molar-refractivity contribution in [1.29, 1.82) is 0 Å². The lowest BCUT2D eigenvalue weighted by atomic mass is 9.77. The summed E-state index contributed by atoms with van der Waals surface area (Å²) in [7, 11) is -1.11. The Morgan fingerprint density at radius 3 is 2.56 bits per heavy atom. The van der Waals surface area contributed by atoms with E-state index in [0.29, 0.717) is 40.3 Å². The van der Waals surface area contributed by atoms with Gasteiger partial charge in [-0.15, -0.1) is 0 Å². The number of halogens is 1. The number of nitrogens with one attached hydrogen (secondary N) is 1. The second-order valence-electron chi connectivity index (χ2n) is 9.59. The van der Waals surface area contributed by atoms with Gasteiger partial charge < -0.3 is 15.3 Å². The average Bonchev–Trinajstić information content (AvgIpc) is 3.33. The molecule has 10 heteroatoms. The minimum Gasteiger partial charge on any atom is -0.394 e. The van der Waals surface area contributed by atoms with Gasteiger partial charge in [-0.3, -0.25) is 4.21 Å². The van der Waals surface area contributed by atoms with Crippen LogP contribution in [-0.2, 0) is 17.2 Å². The van der Waals surface area contributed by atoms with Gasteiger partial charge in [-0.25, -0.2) is 15.0 Å². The fourth-order valence-electron chi connectivity index (χ4n) is 5.49. The minimum absolute atomic E-state index is 0.0599. The van der Waals surface area contributed by atoms with E-state index >= 15 is 0 Å². The van der Waals surface area contributed by atoms with Crippen molar-refractivity contribution in [2.45, 2.75) is 54.9 Å². The number of fused-ring (bicyclic) bond motifs is 2. The summed E-state index contributed by atoms with van der Waals surface area (Å²) < 4.78 is 13.0. The number of hydrogen-bond donors (Lipinski definition) is 2. The number of aryl methyl sites for hydroxylation is 1. The first-order valence-corrected chi connectivity index (χ1v) is 13.2. The zero-order valence-electron chi connectivity index (χ0n) is 17.8. The average molecular weight is 475 g/mol. The highest BCUT2D eigenvalue weighted by atomic mass is 35.5. The van der Waals surface area contributed by atoms with Crippen LogP contribution in [0.15, 0.2) is 17.3 Å². The largest absolute Gasteiger partial charge is 0.394 e. The van der Waals surface area contributed by atoms with Crippen molar-refractivity contribution in [1.82, 2.24) is 19.9 Å². The zero-order valence-corrected chi connectivity index (χ0v) is 19.4. The molecule has 6 rings (SSSR count). The highest BCUT2D eigenvalue weighted by Gasteiger charge is 2.58. The summed E-state index contributed by atoms with van der Waals surface area (Å²) >= 11 is 5.93. The van der Waals surface area contributed by atoms with Crippen LogP contribution in [0.3, 0.4) is 0 Å². The van der Waals surface area contributed by atoms with E-state index in [9.17, 15) is 9.32 Å². The Morgan fingerprint density at radius 2 is 1.91 bits per heavy atom. The quantitative estimate of drug-likeness (QED) is 0.681. The van der Waals surface area contributed by atoms with E-state index in [0.717, 1.165) is 68.0 Å². The van der Waals surface area contributed by atoms with Gasteiger partial charge in [0.1, 0.15) is 16.5 Å². The summed E-state index contributed by atoms with van der Waals surface area (Å²) in [6.07, 6.45) is 8.96. The SMILES string of the molecule is O=[S@@]1CCCCc2nc(N3CC4C(C3)C4c3ncc(Cl)cn3)nc(NC3(CO)CCC3)c21. The molecule has 3 fully saturated rings. The van der Waals surface area contributed by atoms with Gasteiger partial charge in [0.15, 0.2) is 0 Å². The monoisotopic (exact) mass is 474 g/mol. The summed E-state index contributed by atoms with van der Waals surface area (Å²) in [5.74, 6) is 4.27. The molecule has 0 radical (unpaired) electrons. The van der Waals surface area contributed by atoms with E-state index in [1.54, 1.807) is 12.4 Å². The van der Waals surface area contributed by atoms with Crippen molar-refractivity contribution in [2.75, 3.05) is 35.7 Å². The maximum atomic E-state index is 13.0. The van der Waals surface area contributed by atoms with Gasteiger partial charge in [0.2, 0.25) is 5.95 Å². The van der Waals surface area contributed by atoms with Gasteiger partial charge in [-0.1, -0.05) is 11.6 Å². The third-order valence-electron chi connectivity index (χ3n) is 7.56. The van der Waals surface area contributed by atoms with E-state index < -0.39 is 10.8 Å². The van der Waals surface area contributed by atoms with Gasteiger partial charge in [0.05, 0.1) is 33.7 Å². The Bertz CT molecular complexity index is 1050. The van der Waals surface area contributed by atoms with Crippen molar-refractivity contribution < 1.29 is 9.32 Å². The molecule has 1 saturated heterocycles. The zero-order chi connectivity index (χ0) is 21.9. The maximum absolute atomic E-state index is 13.0. The molecule has 2 aliphatic heterocycles. The molecule has 2 aromatic rings. The molecule has 170 valence electrons. The Hall–Kier alpha value is -1.84. The van der Waals surface area contributed by atoms with Crippen LogP contribution in [-0.4, -0.2) is 60.2 Å². The molecule has 8 nitrogen and oxygen atoms in total. The summed E-state index contributed by atoms with van der Waals surface area (Å²) in [6, 6.07) is 0. The van der Waals surface area contributed by atoms with E-state index in [-0.39, 0.29) is 12.1 Å². The molecule has 3 atom stereocenters. The molecule has 2 unspecified atom stereocenters. The first-order valence-electron chi connectivity index (χ1n) is 11.5. The topological polar surface area (TPSA) is 104 Å². The van der Waals surface area contributed by atoms with E-state index in [1.807, 2.05) is 0 Å². The summed E-state index contributed by atoms with van der Waals surface area (Å²) in [5.41, 5.74) is 0.555. The molecule has 2 N–H and O–H groups in total. The van der Waals surface area contributed by atoms with Crippen molar-refractivity contribution >= 4 is 34.2 Å². The molecule has 0 bridgehead atoms. The van der Waals surface area contributed by atoms with Gasteiger partial charge in [0, 0.05) is 37.2 Å². The number of anilines is 2. The van der Waals surface area contributed by atoms with Crippen LogP contribution in [0.1, 0.15) is 49.5 Å². The predicted molar refractivity (Wildman–Crippen MR) is 123 cm³/mol. The molecule has 4 heterocycles. The van der Waals surface area contributed by atoms with E-state index in [1.165, 1.54) is 0 Å². The Morgan fingerprint density at radius 1 is 1.16 bits per heavy atom. The number of hydrogen-bond acceptors (Lipinski definition) is 8. The third kappa shape index (κ3) is 3.49. The lowest BCUT2D eigenvalue weighted by molar-refractivity contribution is 0.143. The molecule has 0 spiro atoms. The predicted octanol–water partition coefficient (Wildman–Crippen LogP) is 2.54. The van der Waals surface area contributed by atoms with Gasteiger partial charge >= 0.3 is 0 Å². The first kappa shape index (κ1) is 20.7. The van der Waals surface area contributed by atoms with Gasteiger partial charge in [-0.2, -0.15) is 4.98 Å². The Kier molecular flexibility index (Phi) is 5.11. The number of aromatic nitrogens is 4. The van der Waals surface area contributed by atoms with Crippen LogP contribution < -0.4 is 10.2 Å². The standard InChI is InChI=1S/C22H27ClN6O2S/c23-13-8-24-19(25-9-13)17-14-10-29(11-15(14)17)21-26-16-4-1-2-7-32(31)18(16)20(27-21)28-22(12-30)5-3-6-22/h8-9,14-15,17,30H,1-7,10-12H2,(H,26,27,28)/t14?,15?,17?,32-/m1/s1. The van der Waals surface area contributed by atoms with Crippen molar-refractivity contribution in [3.8, 4) is 0 Å². The summed E-state index contributed by atoms with van der Waals surface area (Å²) in [5, 5.41) is 14.0. The highest BCUT2D eigenvalue weighted by Crippen LogP contribution is 2.57. The van der Waals surface area contributed by atoms with Crippen molar-refractivity contribution in [3.63, 3.8) is 0 Å².